The molecular weight excluding hydrogens is 326 g/mol. The molecule has 1 N–H and O–H groups in total. The minimum Gasteiger partial charge on any atom is -0.313 e. The van der Waals surface area contributed by atoms with Crippen LogP contribution in [0.4, 0.5) is 5.69 Å². The van der Waals surface area contributed by atoms with Crippen LogP contribution in [-0.4, -0.2) is 26.5 Å². The molecule has 0 radical (unpaired) electrons. The molecule has 0 atom stereocenters. The number of nitro benzene ring substituents is 1. The molecule has 0 amide bonds. The Morgan fingerprint density at radius 1 is 1.45 bits per heavy atom. The predicted octanol–water partition coefficient (Wildman–Crippen LogP) is 2.13. The van der Waals surface area contributed by atoms with Gasteiger partial charge in [0, 0.05) is 35.9 Å². The van der Waals surface area contributed by atoms with Crippen molar-refractivity contribution in [3.8, 4) is 0 Å². The second kappa shape index (κ2) is 7.11. The molecule has 106 valence electrons. The zero-order valence-electron chi connectivity index (χ0n) is 10.7. The third-order valence-electron chi connectivity index (χ3n) is 2.78. The summed E-state index contributed by atoms with van der Waals surface area (Å²) in [7, 11) is 0. The Bertz CT molecular complexity index is 573. The zero-order valence-corrected chi connectivity index (χ0v) is 12.3. The van der Waals surface area contributed by atoms with E-state index in [1.165, 1.54) is 12.1 Å². The molecule has 20 heavy (non-hydrogen) atoms. The van der Waals surface area contributed by atoms with Gasteiger partial charge in [0.2, 0.25) is 0 Å². The highest BCUT2D eigenvalue weighted by molar-refractivity contribution is 9.10. The van der Waals surface area contributed by atoms with E-state index in [2.05, 4.69) is 31.6 Å². The Kier molecular flexibility index (Phi) is 5.19. The number of hydrogen-bond donors (Lipinski definition) is 1. The maximum Gasteiger partial charge on any atom is 0.270 e. The first-order valence-electron chi connectivity index (χ1n) is 6.14. The molecule has 7 nitrogen and oxygen atoms in total. The van der Waals surface area contributed by atoms with Crippen LogP contribution in [0.3, 0.4) is 0 Å². The van der Waals surface area contributed by atoms with E-state index < -0.39 is 4.92 Å². The van der Waals surface area contributed by atoms with Crippen LogP contribution in [0.2, 0.25) is 0 Å². The normalized spacial score (nSPS) is 10.7. The number of nitrogens with one attached hydrogen (secondary N) is 1. The van der Waals surface area contributed by atoms with Gasteiger partial charge in [-0.2, -0.15) is 0 Å². The van der Waals surface area contributed by atoms with Gasteiger partial charge in [0.25, 0.3) is 5.69 Å². The number of rotatable bonds is 7. The minimum atomic E-state index is -0.403. The van der Waals surface area contributed by atoms with Gasteiger partial charge in [-0.15, -0.1) is 5.10 Å². The van der Waals surface area contributed by atoms with Crippen molar-refractivity contribution in [2.45, 2.75) is 19.5 Å². The third kappa shape index (κ3) is 4.10. The van der Waals surface area contributed by atoms with Crippen molar-refractivity contribution >= 4 is 21.6 Å². The summed E-state index contributed by atoms with van der Waals surface area (Å²) in [6.45, 7) is 2.31. The van der Waals surface area contributed by atoms with Crippen LogP contribution in [0.5, 0.6) is 0 Å². The summed E-state index contributed by atoms with van der Waals surface area (Å²) < 4.78 is 2.53. The van der Waals surface area contributed by atoms with Crippen molar-refractivity contribution in [2.24, 2.45) is 0 Å². The second-order valence-electron chi connectivity index (χ2n) is 4.23. The maximum atomic E-state index is 10.6. The Morgan fingerprint density at radius 3 is 2.95 bits per heavy atom. The third-order valence-corrected chi connectivity index (χ3v) is 3.51. The first kappa shape index (κ1) is 14.6. The summed E-state index contributed by atoms with van der Waals surface area (Å²) in [5.41, 5.74) is 1.09. The Hall–Kier alpha value is -1.80. The maximum absolute atomic E-state index is 10.6. The molecule has 2 aromatic rings. The number of nitrogens with zero attached hydrogens (tertiary/aromatic N) is 4. The van der Waals surface area contributed by atoms with E-state index in [9.17, 15) is 10.1 Å². The molecule has 0 saturated carbocycles. The lowest BCUT2D eigenvalue weighted by Crippen LogP contribution is -2.17. The summed E-state index contributed by atoms with van der Waals surface area (Å²) >= 11 is 3.35. The highest BCUT2D eigenvalue weighted by atomic mass is 79.9. The molecule has 0 saturated heterocycles. The smallest absolute Gasteiger partial charge is 0.270 e. The number of halogens is 1. The van der Waals surface area contributed by atoms with E-state index >= 15 is 0 Å². The highest BCUT2D eigenvalue weighted by Crippen LogP contribution is 2.22. The average Bonchev–Trinajstić information content (AvgIpc) is 2.93. The molecule has 0 bridgehead atoms. The molecule has 1 aromatic carbocycles. The Balaban J connectivity index is 1.75. The lowest BCUT2D eigenvalue weighted by molar-refractivity contribution is -0.384. The van der Waals surface area contributed by atoms with Gasteiger partial charge in [0.1, 0.15) is 0 Å². The van der Waals surface area contributed by atoms with Gasteiger partial charge in [-0.1, -0.05) is 21.1 Å². The fourth-order valence-corrected chi connectivity index (χ4v) is 2.24. The van der Waals surface area contributed by atoms with Crippen molar-refractivity contribution < 1.29 is 4.92 Å². The minimum absolute atomic E-state index is 0.0896. The summed E-state index contributed by atoms with van der Waals surface area (Å²) in [6, 6.07) is 4.79. The molecule has 0 aliphatic carbocycles. The van der Waals surface area contributed by atoms with E-state index in [0.29, 0.717) is 6.54 Å². The lowest BCUT2D eigenvalue weighted by Gasteiger charge is -2.07. The van der Waals surface area contributed by atoms with E-state index in [1.54, 1.807) is 16.9 Å². The SMILES string of the molecule is O=[N+]([O-])c1ccc(CNCCCn2ccnn2)c(Br)c1. The molecule has 1 heterocycles. The lowest BCUT2D eigenvalue weighted by atomic mass is 10.2. The molecule has 0 fully saturated rings. The van der Waals surface area contributed by atoms with Crippen LogP contribution in [0.25, 0.3) is 0 Å². The average molecular weight is 340 g/mol. The van der Waals surface area contributed by atoms with Crippen molar-refractivity contribution in [3.63, 3.8) is 0 Å². The molecule has 0 spiro atoms. The van der Waals surface area contributed by atoms with Crippen LogP contribution in [0.1, 0.15) is 12.0 Å². The summed E-state index contributed by atoms with van der Waals surface area (Å²) in [4.78, 5) is 10.2. The fraction of sp³-hybridized carbons (Fsp3) is 0.333. The number of nitro groups is 1. The van der Waals surface area contributed by atoms with Crippen molar-refractivity contribution in [1.29, 1.82) is 0 Å². The molecule has 0 aliphatic heterocycles. The largest absolute Gasteiger partial charge is 0.313 e. The predicted molar refractivity (Wildman–Crippen MR) is 77.1 cm³/mol. The van der Waals surface area contributed by atoms with Gasteiger partial charge in [-0.25, -0.2) is 0 Å². The molecule has 1 aromatic heterocycles. The molecule has 2 rings (SSSR count). The van der Waals surface area contributed by atoms with E-state index in [1.807, 2.05) is 6.20 Å². The van der Waals surface area contributed by atoms with Crippen LogP contribution in [0.15, 0.2) is 35.1 Å². The second-order valence-corrected chi connectivity index (χ2v) is 5.08. The topological polar surface area (TPSA) is 85.9 Å². The van der Waals surface area contributed by atoms with Crippen molar-refractivity contribution in [1.82, 2.24) is 20.3 Å². The van der Waals surface area contributed by atoms with E-state index in [-0.39, 0.29) is 5.69 Å². The number of benzene rings is 1. The fourth-order valence-electron chi connectivity index (χ4n) is 1.73. The standard InChI is InChI=1S/C12H14BrN5O2/c13-12-8-11(18(19)20)3-2-10(12)9-14-4-1-6-17-7-5-15-16-17/h2-3,5,7-8,14H,1,4,6,9H2. The first-order valence-corrected chi connectivity index (χ1v) is 6.94. The molecule has 8 heteroatoms. The van der Waals surface area contributed by atoms with Gasteiger partial charge in [-0.3, -0.25) is 14.8 Å². The van der Waals surface area contributed by atoms with Gasteiger partial charge >= 0.3 is 0 Å². The number of hydrogen-bond acceptors (Lipinski definition) is 5. The summed E-state index contributed by atoms with van der Waals surface area (Å²) in [6.07, 6.45) is 4.42. The first-order chi connectivity index (χ1) is 9.66. The van der Waals surface area contributed by atoms with Crippen molar-refractivity contribution in [3.05, 3.63) is 50.7 Å². The zero-order chi connectivity index (χ0) is 14.4. The highest BCUT2D eigenvalue weighted by Gasteiger charge is 2.08. The van der Waals surface area contributed by atoms with Gasteiger partial charge in [-0.05, 0) is 24.6 Å². The summed E-state index contributed by atoms with van der Waals surface area (Å²) in [5.74, 6) is 0. The molecule has 0 unspecified atom stereocenters. The Morgan fingerprint density at radius 2 is 2.30 bits per heavy atom. The van der Waals surface area contributed by atoms with Crippen LogP contribution >= 0.6 is 15.9 Å². The van der Waals surface area contributed by atoms with Gasteiger partial charge in [0.15, 0.2) is 0 Å². The van der Waals surface area contributed by atoms with Crippen molar-refractivity contribution in [2.75, 3.05) is 6.54 Å². The van der Waals surface area contributed by atoms with Gasteiger partial charge in [0.05, 0.1) is 11.1 Å². The number of aromatic nitrogens is 3. The number of aryl methyl sites for hydroxylation is 1. The molecule has 0 aliphatic rings. The monoisotopic (exact) mass is 339 g/mol. The number of non-ortho nitro benzene ring substituents is 1. The van der Waals surface area contributed by atoms with Crippen LogP contribution < -0.4 is 5.32 Å². The summed E-state index contributed by atoms with van der Waals surface area (Å²) in [5, 5.41) is 21.5. The van der Waals surface area contributed by atoms with E-state index in [0.717, 1.165) is 29.5 Å². The van der Waals surface area contributed by atoms with Gasteiger partial charge < -0.3 is 5.32 Å². The van der Waals surface area contributed by atoms with E-state index in [4.69, 9.17) is 0 Å². The van der Waals surface area contributed by atoms with Crippen LogP contribution in [-0.2, 0) is 13.1 Å². The van der Waals surface area contributed by atoms with Crippen LogP contribution in [0, 0.1) is 10.1 Å². The Labute approximate surface area is 124 Å². The molecular formula is C12H14BrN5O2. The quantitative estimate of drug-likeness (QED) is 0.474.